The number of nitrogens with one attached hydrogen (secondary N) is 1. The Bertz CT molecular complexity index is 941. The van der Waals surface area contributed by atoms with Crippen molar-refractivity contribution >= 4 is 38.6 Å². The van der Waals surface area contributed by atoms with Gasteiger partial charge in [0, 0.05) is 13.1 Å². The number of aromatic nitrogens is 2. The molecule has 0 saturated carbocycles. The minimum Gasteiger partial charge on any atom is -0.493 e. The quantitative estimate of drug-likeness (QED) is 0.737. The number of pyridine rings is 1. The van der Waals surface area contributed by atoms with Crippen LogP contribution in [0.3, 0.4) is 0 Å². The summed E-state index contributed by atoms with van der Waals surface area (Å²) in [5, 5.41) is 3.10. The Morgan fingerprint density at radius 3 is 2.78 bits per heavy atom. The summed E-state index contributed by atoms with van der Waals surface area (Å²) in [7, 11) is 1.57. The average Bonchev–Trinajstić information content (AvgIpc) is 3.12. The minimum atomic E-state index is -0.597. The number of anilines is 2. The van der Waals surface area contributed by atoms with E-state index in [1.54, 1.807) is 37.6 Å². The Morgan fingerprint density at radius 2 is 2.04 bits per heavy atom. The maximum Gasteiger partial charge on any atom is 0.418 e. The Hall–Kier alpha value is -2.91. The van der Waals surface area contributed by atoms with Gasteiger partial charge in [0.05, 0.1) is 26.5 Å². The minimum absolute atomic E-state index is 0.423. The summed E-state index contributed by atoms with van der Waals surface area (Å²) < 4.78 is 16.9. The lowest BCUT2D eigenvalue weighted by Gasteiger charge is -2.28. The number of hydrogen-bond acceptors (Lipinski definition) is 8. The summed E-state index contributed by atoms with van der Waals surface area (Å²) in [5.41, 5.74) is 0.661. The van der Waals surface area contributed by atoms with Crippen LogP contribution in [0.25, 0.3) is 10.2 Å². The molecular formula is C18H18N4O4S. The van der Waals surface area contributed by atoms with Crippen molar-refractivity contribution in [2.75, 3.05) is 43.6 Å². The highest BCUT2D eigenvalue weighted by Crippen LogP contribution is 2.38. The summed E-state index contributed by atoms with van der Waals surface area (Å²) in [5.74, 6) is 1.84. The number of rotatable bonds is 4. The van der Waals surface area contributed by atoms with E-state index in [0.717, 1.165) is 23.6 Å². The van der Waals surface area contributed by atoms with Crippen molar-refractivity contribution in [3.63, 3.8) is 0 Å². The number of methoxy groups -OCH3 is 1. The number of hydrogen-bond donors (Lipinski definition) is 1. The molecule has 1 aromatic carbocycles. The fourth-order valence-corrected chi connectivity index (χ4v) is 3.77. The average molecular weight is 386 g/mol. The van der Waals surface area contributed by atoms with Gasteiger partial charge in [0.1, 0.15) is 21.8 Å². The largest absolute Gasteiger partial charge is 0.493 e. The van der Waals surface area contributed by atoms with Gasteiger partial charge in [0.2, 0.25) is 0 Å². The highest BCUT2D eigenvalue weighted by molar-refractivity contribution is 7.23. The molecule has 0 bridgehead atoms. The Kier molecular flexibility index (Phi) is 5.03. The lowest BCUT2D eigenvalue weighted by Crippen LogP contribution is -2.36. The maximum atomic E-state index is 12.2. The molecule has 8 nitrogen and oxygen atoms in total. The zero-order valence-corrected chi connectivity index (χ0v) is 15.5. The highest BCUT2D eigenvalue weighted by atomic mass is 32.1. The topological polar surface area (TPSA) is 85.8 Å². The fraction of sp³-hybridized carbons (Fsp3) is 0.278. The SMILES string of the molecule is COc1cnc(N2CCOCC2)c2sc(NC(=O)Oc3ccccc3)nc12. The monoisotopic (exact) mass is 386 g/mol. The van der Waals surface area contributed by atoms with Crippen molar-refractivity contribution in [1.29, 1.82) is 0 Å². The van der Waals surface area contributed by atoms with Gasteiger partial charge in [-0.1, -0.05) is 29.5 Å². The molecule has 1 aliphatic heterocycles. The van der Waals surface area contributed by atoms with E-state index in [-0.39, 0.29) is 0 Å². The predicted molar refractivity (Wildman–Crippen MR) is 103 cm³/mol. The summed E-state index contributed by atoms with van der Waals surface area (Å²) >= 11 is 1.34. The van der Waals surface area contributed by atoms with Crippen LogP contribution in [0.2, 0.25) is 0 Å². The molecule has 1 N–H and O–H groups in total. The molecule has 1 saturated heterocycles. The van der Waals surface area contributed by atoms with E-state index in [0.29, 0.717) is 35.4 Å². The first kappa shape index (κ1) is 17.5. The van der Waals surface area contributed by atoms with Gasteiger partial charge >= 0.3 is 6.09 Å². The molecule has 0 aliphatic carbocycles. The van der Waals surface area contributed by atoms with Crippen LogP contribution in [0.5, 0.6) is 11.5 Å². The summed E-state index contributed by atoms with van der Waals surface area (Å²) in [6.45, 7) is 2.82. The molecule has 0 radical (unpaired) electrons. The zero-order chi connectivity index (χ0) is 18.6. The van der Waals surface area contributed by atoms with Gasteiger partial charge in [-0.3, -0.25) is 5.32 Å². The van der Waals surface area contributed by atoms with Crippen molar-refractivity contribution in [2.24, 2.45) is 0 Å². The molecule has 0 unspecified atom stereocenters. The van der Waals surface area contributed by atoms with Gasteiger partial charge in [-0.25, -0.2) is 14.8 Å². The van der Waals surface area contributed by atoms with E-state index in [4.69, 9.17) is 14.2 Å². The Balaban J connectivity index is 1.61. The molecule has 3 heterocycles. The number of thiazole rings is 1. The second kappa shape index (κ2) is 7.77. The first-order valence-corrected chi connectivity index (χ1v) is 9.26. The molecule has 3 aromatic rings. The zero-order valence-electron chi connectivity index (χ0n) is 14.7. The van der Waals surface area contributed by atoms with E-state index in [1.165, 1.54) is 11.3 Å². The number of benzene rings is 1. The van der Waals surface area contributed by atoms with Crippen LogP contribution in [0.1, 0.15) is 0 Å². The van der Waals surface area contributed by atoms with Gasteiger partial charge < -0.3 is 19.1 Å². The van der Waals surface area contributed by atoms with Crippen molar-refractivity contribution in [3.8, 4) is 11.5 Å². The number of fused-ring (bicyclic) bond motifs is 1. The van der Waals surface area contributed by atoms with Gasteiger partial charge in [0.15, 0.2) is 10.9 Å². The number of carbonyl (C=O) groups excluding carboxylic acids is 1. The molecule has 27 heavy (non-hydrogen) atoms. The summed E-state index contributed by atoms with van der Waals surface area (Å²) in [4.78, 5) is 23.3. The van der Waals surface area contributed by atoms with Crippen LogP contribution in [-0.4, -0.2) is 49.5 Å². The molecule has 9 heteroatoms. The second-order valence-corrected chi connectivity index (χ2v) is 6.77. The summed E-state index contributed by atoms with van der Waals surface area (Å²) in [6, 6.07) is 8.87. The van der Waals surface area contributed by atoms with Gasteiger partial charge in [-0.05, 0) is 12.1 Å². The smallest absolute Gasteiger partial charge is 0.418 e. The molecule has 140 valence electrons. The van der Waals surface area contributed by atoms with Crippen LogP contribution >= 0.6 is 11.3 Å². The molecular weight excluding hydrogens is 368 g/mol. The van der Waals surface area contributed by atoms with E-state index in [2.05, 4.69) is 20.2 Å². The standard InChI is InChI=1S/C18H18N4O4S/c1-24-13-11-19-16(22-7-9-25-10-8-22)15-14(13)20-17(27-15)21-18(23)26-12-5-3-2-4-6-12/h2-6,11H,7-10H2,1H3,(H,20,21,23). The molecule has 1 aliphatic rings. The van der Waals surface area contributed by atoms with Crippen molar-refractivity contribution in [3.05, 3.63) is 36.5 Å². The first-order chi connectivity index (χ1) is 13.2. The van der Waals surface area contributed by atoms with Crippen LogP contribution < -0.4 is 19.7 Å². The predicted octanol–water partition coefficient (Wildman–Crippen LogP) is 3.15. The molecule has 0 spiro atoms. The molecule has 2 aromatic heterocycles. The number of carbonyl (C=O) groups is 1. The van der Waals surface area contributed by atoms with E-state index in [1.807, 2.05) is 6.07 Å². The number of amides is 1. The van der Waals surface area contributed by atoms with E-state index in [9.17, 15) is 4.79 Å². The van der Waals surface area contributed by atoms with Crippen LogP contribution in [-0.2, 0) is 4.74 Å². The van der Waals surface area contributed by atoms with Crippen LogP contribution in [0.4, 0.5) is 15.7 Å². The second-order valence-electron chi connectivity index (χ2n) is 5.77. The van der Waals surface area contributed by atoms with Crippen LogP contribution in [0, 0.1) is 0 Å². The normalized spacial score (nSPS) is 14.2. The van der Waals surface area contributed by atoms with Gasteiger partial charge in [-0.2, -0.15) is 0 Å². The maximum absolute atomic E-state index is 12.2. The molecule has 0 atom stereocenters. The van der Waals surface area contributed by atoms with Gasteiger partial charge in [0.25, 0.3) is 0 Å². The highest BCUT2D eigenvalue weighted by Gasteiger charge is 2.21. The van der Waals surface area contributed by atoms with Crippen molar-refractivity contribution < 1.29 is 19.0 Å². The van der Waals surface area contributed by atoms with E-state index >= 15 is 0 Å². The number of para-hydroxylation sites is 1. The molecule has 1 amide bonds. The van der Waals surface area contributed by atoms with Crippen LogP contribution in [0.15, 0.2) is 36.5 Å². The first-order valence-electron chi connectivity index (χ1n) is 8.44. The third-order valence-electron chi connectivity index (χ3n) is 4.06. The lowest BCUT2D eigenvalue weighted by atomic mass is 10.3. The number of ether oxygens (including phenoxy) is 3. The third-order valence-corrected chi connectivity index (χ3v) is 5.03. The molecule has 4 rings (SSSR count). The summed E-state index contributed by atoms with van der Waals surface area (Å²) in [6.07, 6.45) is 1.05. The third kappa shape index (κ3) is 3.79. The van der Waals surface area contributed by atoms with Crippen molar-refractivity contribution in [2.45, 2.75) is 0 Å². The Morgan fingerprint density at radius 1 is 1.26 bits per heavy atom. The van der Waals surface area contributed by atoms with E-state index < -0.39 is 6.09 Å². The number of morpholine rings is 1. The lowest BCUT2D eigenvalue weighted by molar-refractivity contribution is 0.122. The number of nitrogens with zero attached hydrogens (tertiary/aromatic N) is 3. The fourth-order valence-electron chi connectivity index (χ4n) is 2.79. The van der Waals surface area contributed by atoms with Gasteiger partial charge in [-0.15, -0.1) is 0 Å². The van der Waals surface area contributed by atoms with Crippen molar-refractivity contribution in [1.82, 2.24) is 9.97 Å². The molecule has 1 fully saturated rings. The Labute approximate surface area is 159 Å².